The van der Waals surface area contributed by atoms with Gasteiger partial charge in [0.2, 0.25) is 0 Å². The SMILES string of the molecule is CCN(CC1CC1)S(=O)(=O)N1CCCCC1CN. The number of nitrogens with zero attached hydrogens (tertiary/aromatic N) is 2. The molecule has 0 aromatic heterocycles. The summed E-state index contributed by atoms with van der Waals surface area (Å²) in [5.74, 6) is 0.584. The van der Waals surface area contributed by atoms with Gasteiger partial charge in [0.15, 0.2) is 0 Å². The van der Waals surface area contributed by atoms with Crippen LogP contribution in [0.5, 0.6) is 0 Å². The van der Waals surface area contributed by atoms with Crippen LogP contribution in [0, 0.1) is 5.92 Å². The highest BCUT2D eigenvalue weighted by molar-refractivity contribution is 7.86. The van der Waals surface area contributed by atoms with Crippen molar-refractivity contribution in [2.24, 2.45) is 11.7 Å². The molecule has 1 unspecified atom stereocenters. The summed E-state index contributed by atoms with van der Waals surface area (Å²) in [5, 5.41) is 0. The summed E-state index contributed by atoms with van der Waals surface area (Å²) in [4.78, 5) is 0. The van der Waals surface area contributed by atoms with Gasteiger partial charge in [0.25, 0.3) is 10.2 Å². The lowest BCUT2D eigenvalue weighted by atomic mass is 10.1. The maximum Gasteiger partial charge on any atom is 0.282 e. The van der Waals surface area contributed by atoms with Crippen LogP contribution in [0.3, 0.4) is 0 Å². The predicted octanol–water partition coefficient (Wildman–Crippen LogP) is 0.776. The number of rotatable bonds is 6. The minimum Gasteiger partial charge on any atom is -0.329 e. The van der Waals surface area contributed by atoms with Crippen molar-refractivity contribution < 1.29 is 8.42 Å². The Morgan fingerprint density at radius 3 is 2.56 bits per heavy atom. The molecule has 0 aromatic rings. The van der Waals surface area contributed by atoms with Crippen LogP contribution in [0.1, 0.15) is 39.0 Å². The number of hydrogen-bond acceptors (Lipinski definition) is 3. The first-order valence-corrected chi connectivity index (χ1v) is 8.46. The zero-order valence-electron chi connectivity index (χ0n) is 11.2. The van der Waals surface area contributed by atoms with Gasteiger partial charge in [-0.25, -0.2) is 0 Å². The second-order valence-electron chi connectivity index (χ2n) is 5.40. The Morgan fingerprint density at radius 2 is 2.00 bits per heavy atom. The van der Waals surface area contributed by atoms with Crippen molar-refractivity contribution in [1.82, 2.24) is 8.61 Å². The minimum absolute atomic E-state index is 0.00277. The molecule has 2 rings (SSSR count). The average molecular weight is 275 g/mol. The van der Waals surface area contributed by atoms with Gasteiger partial charge in [0.1, 0.15) is 0 Å². The van der Waals surface area contributed by atoms with Crippen LogP contribution in [0.4, 0.5) is 0 Å². The van der Waals surface area contributed by atoms with Crippen LogP contribution < -0.4 is 5.73 Å². The van der Waals surface area contributed by atoms with E-state index in [1.54, 1.807) is 8.61 Å². The van der Waals surface area contributed by atoms with E-state index in [2.05, 4.69) is 0 Å². The maximum atomic E-state index is 12.6. The molecule has 1 saturated heterocycles. The highest BCUT2D eigenvalue weighted by Gasteiger charge is 2.37. The average Bonchev–Trinajstić information content (AvgIpc) is 3.19. The normalized spacial score (nSPS) is 26.7. The van der Waals surface area contributed by atoms with Gasteiger partial charge in [-0.15, -0.1) is 0 Å². The fourth-order valence-corrected chi connectivity index (χ4v) is 4.59. The molecule has 106 valence electrons. The number of piperidine rings is 1. The zero-order chi connectivity index (χ0) is 13.2. The molecular formula is C12H25N3O2S. The van der Waals surface area contributed by atoms with Crippen molar-refractivity contribution in [2.75, 3.05) is 26.2 Å². The molecule has 0 amide bonds. The molecule has 0 spiro atoms. The summed E-state index contributed by atoms with van der Waals surface area (Å²) >= 11 is 0. The summed E-state index contributed by atoms with van der Waals surface area (Å²) < 4.78 is 28.6. The fourth-order valence-electron chi connectivity index (χ4n) is 2.64. The van der Waals surface area contributed by atoms with E-state index in [9.17, 15) is 8.42 Å². The fraction of sp³-hybridized carbons (Fsp3) is 1.00. The molecule has 2 fully saturated rings. The quantitative estimate of drug-likeness (QED) is 0.779. The van der Waals surface area contributed by atoms with Crippen molar-refractivity contribution in [3.05, 3.63) is 0 Å². The third-order valence-electron chi connectivity index (χ3n) is 3.98. The number of nitrogens with two attached hydrogens (primary N) is 1. The first kappa shape index (κ1) is 14.2. The van der Waals surface area contributed by atoms with E-state index in [1.165, 1.54) is 12.8 Å². The molecule has 2 aliphatic rings. The van der Waals surface area contributed by atoms with Gasteiger partial charge in [-0.2, -0.15) is 17.0 Å². The molecule has 0 aromatic carbocycles. The van der Waals surface area contributed by atoms with Gasteiger partial charge in [0.05, 0.1) is 0 Å². The molecule has 1 atom stereocenters. The molecule has 5 nitrogen and oxygen atoms in total. The lowest BCUT2D eigenvalue weighted by Crippen LogP contribution is -2.53. The third kappa shape index (κ3) is 3.04. The largest absolute Gasteiger partial charge is 0.329 e. The van der Waals surface area contributed by atoms with Gasteiger partial charge >= 0.3 is 0 Å². The highest BCUT2D eigenvalue weighted by atomic mass is 32.2. The predicted molar refractivity (Wildman–Crippen MR) is 72.3 cm³/mol. The topological polar surface area (TPSA) is 66.6 Å². The van der Waals surface area contributed by atoms with E-state index >= 15 is 0 Å². The smallest absolute Gasteiger partial charge is 0.282 e. The van der Waals surface area contributed by atoms with E-state index in [-0.39, 0.29) is 6.04 Å². The Bertz CT molecular complexity index is 368. The lowest BCUT2D eigenvalue weighted by Gasteiger charge is -2.37. The molecule has 1 aliphatic carbocycles. The van der Waals surface area contributed by atoms with Crippen LogP contribution in [-0.4, -0.2) is 49.2 Å². The van der Waals surface area contributed by atoms with Crippen molar-refractivity contribution in [3.8, 4) is 0 Å². The summed E-state index contributed by atoms with van der Waals surface area (Å²) in [7, 11) is -3.30. The zero-order valence-corrected chi connectivity index (χ0v) is 12.0. The third-order valence-corrected chi connectivity index (χ3v) is 6.11. The summed E-state index contributed by atoms with van der Waals surface area (Å²) in [5.41, 5.74) is 5.72. The molecule has 2 N–H and O–H groups in total. The molecule has 1 saturated carbocycles. The Morgan fingerprint density at radius 1 is 1.28 bits per heavy atom. The van der Waals surface area contributed by atoms with Gasteiger partial charge in [-0.3, -0.25) is 0 Å². The molecule has 1 heterocycles. The van der Waals surface area contributed by atoms with Crippen LogP contribution in [0.15, 0.2) is 0 Å². The van der Waals surface area contributed by atoms with Crippen molar-refractivity contribution in [3.63, 3.8) is 0 Å². The van der Waals surface area contributed by atoms with Crippen molar-refractivity contribution in [1.29, 1.82) is 0 Å². The minimum atomic E-state index is -3.30. The van der Waals surface area contributed by atoms with Crippen LogP contribution in [-0.2, 0) is 10.2 Å². The second kappa shape index (κ2) is 5.86. The maximum absolute atomic E-state index is 12.6. The van der Waals surface area contributed by atoms with E-state index in [0.29, 0.717) is 32.1 Å². The van der Waals surface area contributed by atoms with Crippen LogP contribution in [0.2, 0.25) is 0 Å². The van der Waals surface area contributed by atoms with Crippen molar-refractivity contribution >= 4 is 10.2 Å². The molecule has 6 heteroatoms. The molecule has 0 radical (unpaired) electrons. The summed E-state index contributed by atoms with van der Waals surface area (Å²) in [6.07, 6.45) is 5.29. The summed E-state index contributed by atoms with van der Waals surface area (Å²) in [6.45, 7) is 4.23. The number of hydrogen-bond donors (Lipinski definition) is 1. The van der Waals surface area contributed by atoms with Gasteiger partial charge in [-0.1, -0.05) is 13.3 Å². The lowest BCUT2D eigenvalue weighted by molar-refractivity contribution is 0.235. The van der Waals surface area contributed by atoms with E-state index in [0.717, 1.165) is 19.3 Å². The second-order valence-corrected chi connectivity index (χ2v) is 7.28. The molecular weight excluding hydrogens is 250 g/mol. The first-order valence-electron chi connectivity index (χ1n) is 7.06. The van der Waals surface area contributed by atoms with Gasteiger partial charge in [-0.05, 0) is 31.6 Å². The Hall–Kier alpha value is -0.170. The Balaban J connectivity index is 2.10. The molecule has 1 aliphatic heterocycles. The molecule has 18 heavy (non-hydrogen) atoms. The molecule has 0 bridgehead atoms. The van der Waals surface area contributed by atoms with E-state index in [1.807, 2.05) is 6.92 Å². The Labute approximate surface area is 110 Å². The Kier molecular flexibility index (Phi) is 4.64. The highest BCUT2D eigenvalue weighted by Crippen LogP contribution is 2.31. The van der Waals surface area contributed by atoms with Gasteiger partial charge in [0, 0.05) is 32.2 Å². The van der Waals surface area contributed by atoms with E-state index < -0.39 is 10.2 Å². The first-order chi connectivity index (χ1) is 8.59. The monoisotopic (exact) mass is 275 g/mol. The van der Waals surface area contributed by atoms with E-state index in [4.69, 9.17) is 5.73 Å². The van der Waals surface area contributed by atoms with Crippen LogP contribution >= 0.6 is 0 Å². The standard InChI is InChI=1S/C12H25N3O2S/c1-2-14(10-11-6-7-11)18(16,17)15-8-4-3-5-12(15)9-13/h11-12H,2-10,13H2,1H3. The van der Waals surface area contributed by atoms with Gasteiger partial charge < -0.3 is 5.73 Å². The summed E-state index contributed by atoms with van der Waals surface area (Å²) in [6, 6.07) is -0.00277. The van der Waals surface area contributed by atoms with Crippen molar-refractivity contribution in [2.45, 2.75) is 45.1 Å². The van der Waals surface area contributed by atoms with Crippen LogP contribution in [0.25, 0.3) is 0 Å².